The van der Waals surface area contributed by atoms with Crippen molar-refractivity contribution in [1.82, 2.24) is 9.80 Å². The van der Waals surface area contributed by atoms with E-state index in [-0.39, 0.29) is 0 Å². The van der Waals surface area contributed by atoms with Gasteiger partial charge in [0.1, 0.15) is 11.5 Å². The van der Waals surface area contributed by atoms with Crippen molar-refractivity contribution in [3.63, 3.8) is 0 Å². The molecule has 2 aromatic carbocycles. The van der Waals surface area contributed by atoms with Crippen molar-refractivity contribution in [2.24, 2.45) is 0 Å². The van der Waals surface area contributed by atoms with Crippen molar-refractivity contribution in [2.75, 3.05) is 71.1 Å². The van der Waals surface area contributed by atoms with Crippen LogP contribution in [0.3, 0.4) is 0 Å². The highest BCUT2D eigenvalue weighted by molar-refractivity contribution is 6.32. The van der Waals surface area contributed by atoms with Crippen LogP contribution in [-0.4, -0.2) is 82.0 Å². The average Bonchev–Trinajstić information content (AvgIpc) is 2.93. The predicted octanol–water partition coefficient (Wildman–Crippen LogP) is 5.48. The Morgan fingerprint density at radius 3 is 2.62 bits per heavy atom. The molecule has 0 N–H and O–H groups in total. The van der Waals surface area contributed by atoms with Crippen LogP contribution >= 0.6 is 11.6 Å². The molecule has 202 valence electrons. The summed E-state index contributed by atoms with van der Waals surface area (Å²) in [6, 6.07) is 11.7. The Kier molecular flexibility index (Phi) is 8.81. The van der Waals surface area contributed by atoms with E-state index >= 15 is 0 Å². The Labute approximate surface area is 227 Å². The fourth-order valence-electron chi connectivity index (χ4n) is 6.29. The van der Waals surface area contributed by atoms with Gasteiger partial charge in [-0.25, -0.2) is 0 Å². The molecule has 7 heteroatoms. The van der Waals surface area contributed by atoms with Gasteiger partial charge in [-0.1, -0.05) is 17.7 Å². The molecule has 0 saturated carbocycles. The number of benzene rings is 2. The van der Waals surface area contributed by atoms with Crippen LogP contribution in [0.2, 0.25) is 5.02 Å². The summed E-state index contributed by atoms with van der Waals surface area (Å²) in [5.74, 6) is 1.79. The number of piperidine rings is 1. The van der Waals surface area contributed by atoms with E-state index in [0.29, 0.717) is 17.1 Å². The van der Waals surface area contributed by atoms with Crippen LogP contribution in [0.5, 0.6) is 11.5 Å². The first-order valence-electron chi connectivity index (χ1n) is 13.9. The molecule has 3 saturated heterocycles. The maximum absolute atomic E-state index is 6.27. The summed E-state index contributed by atoms with van der Waals surface area (Å²) in [5, 5.41) is 0.665. The molecule has 0 aromatic heterocycles. The number of rotatable bonds is 8. The number of anilines is 1. The first kappa shape index (κ1) is 26.6. The third-order valence-electron chi connectivity index (χ3n) is 8.56. The number of hydrogen-bond acceptors (Lipinski definition) is 6. The largest absolute Gasteiger partial charge is 0.495 e. The summed E-state index contributed by atoms with van der Waals surface area (Å²) in [7, 11) is 1.68. The molecule has 3 aliphatic rings. The molecule has 0 unspecified atom stereocenters. The van der Waals surface area contributed by atoms with Gasteiger partial charge in [0.25, 0.3) is 0 Å². The number of hydrogen-bond donors (Lipinski definition) is 0. The normalized spacial score (nSPS) is 23.1. The van der Waals surface area contributed by atoms with Crippen LogP contribution in [-0.2, 0) is 4.74 Å². The van der Waals surface area contributed by atoms with Gasteiger partial charge in [0.05, 0.1) is 32.0 Å². The minimum Gasteiger partial charge on any atom is -0.495 e. The molecule has 0 aliphatic carbocycles. The summed E-state index contributed by atoms with van der Waals surface area (Å²) in [6.07, 6.45) is 4.79. The Bertz CT molecular complexity index is 1060. The molecule has 0 radical (unpaired) electrons. The fourth-order valence-corrected chi connectivity index (χ4v) is 6.49. The Morgan fingerprint density at radius 1 is 0.973 bits per heavy atom. The molecule has 0 amide bonds. The number of halogens is 1. The standard InChI is InChI=1S/C30H42ClN3O3/c1-22-23(2)29(37-17-5-12-32-15-18-36-19-16-32)11-9-26(22)28-7-4-6-25-21-33(13-14-34(25)28)24-8-10-27(31)30(20-24)35-3/h8-11,20,25,28H,4-7,12-19,21H2,1-3H3/t25-,28+/m0/s1. The van der Waals surface area contributed by atoms with Crippen molar-refractivity contribution in [3.05, 3.63) is 52.0 Å². The number of fused-ring (bicyclic) bond motifs is 1. The van der Waals surface area contributed by atoms with E-state index in [0.717, 1.165) is 77.0 Å². The van der Waals surface area contributed by atoms with Crippen molar-refractivity contribution in [3.8, 4) is 11.5 Å². The summed E-state index contributed by atoms with van der Waals surface area (Å²) < 4.78 is 17.2. The first-order chi connectivity index (χ1) is 18.0. The molecule has 0 bridgehead atoms. The molecule has 3 fully saturated rings. The van der Waals surface area contributed by atoms with Gasteiger partial charge in [-0.15, -0.1) is 0 Å². The first-order valence-corrected chi connectivity index (χ1v) is 14.3. The van der Waals surface area contributed by atoms with E-state index in [1.165, 1.54) is 41.6 Å². The lowest BCUT2D eigenvalue weighted by atomic mass is 9.86. The van der Waals surface area contributed by atoms with Crippen LogP contribution < -0.4 is 14.4 Å². The van der Waals surface area contributed by atoms with Gasteiger partial charge >= 0.3 is 0 Å². The van der Waals surface area contributed by atoms with E-state index in [4.69, 9.17) is 25.8 Å². The lowest BCUT2D eigenvalue weighted by Crippen LogP contribution is -2.56. The zero-order chi connectivity index (χ0) is 25.8. The maximum Gasteiger partial charge on any atom is 0.139 e. The second kappa shape index (κ2) is 12.2. The lowest BCUT2D eigenvalue weighted by Gasteiger charge is -2.49. The molecule has 3 aliphatic heterocycles. The zero-order valence-corrected chi connectivity index (χ0v) is 23.4. The maximum atomic E-state index is 6.27. The minimum atomic E-state index is 0.481. The van der Waals surface area contributed by atoms with Gasteiger partial charge in [-0.05, 0) is 74.4 Å². The zero-order valence-electron chi connectivity index (χ0n) is 22.7. The Morgan fingerprint density at radius 2 is 1.81 bits per heavy atom. The van der Waals surface area contributed by atoms with Gasteiger partial charge in [-0.2, -0.15) is 0 Å². The second-order valence-electron chi connectivity index (χ2n) is 10.7. The molecule has 2 atom stereocenters. The monoisotopic (exact) mass is 527 g/mol. The fraction of sp³-hybridized carbons (Fsp3) is 0.600. The van der Waals surface area contributed by atoms with Crippen LogP contribution in [0.4, 0.5) is 5.69 Å². The Balaban J connectivity index is 1.21. The topological polar surface area (TPSA) is 37.4 Å². The Hall–Kier alpha value is -1.99. The van der Waals surface area contributed by atoms with Crippen molar-refractivity contribution < 1.29 is 14.2 Å². The molecule has 37 heavy (non-hydrogen) atoms. The smallest absolute Gasteiger partial charge is 0.139 e. The number of methoxy groups -OCH3 is 1. The molecule has 3 heterocycles. The van der Waals surface area contributed by atoms with E-state index in [2.05, 4.69) is 52.8 Å². The van der Waals surface area contributed by atoms with Gasteiger partial charge in [0.2, 0.25) is 0 Å². The van der Waals surface area contributed by atoms with Crippen LogP contribution in [0.25, 0.3) is 0 Å². The minimum absolute atomic E-state index is 0.481. The van der Waals surface area contributed by atoms with E-state index < -0.39 is 0 Å². The molecular weight excluding hydrogens is 486 g/mol. The van der Waals surface area contributed by atoms with Gasteiger partial charge < -0.3 is 19.1 Å². The molecule has 5 rings (SSSR count). The summed E-state index contributed by atoms with van der Waals surface area (Å²) in [6.45, 7) is 13.3. The molecule has 2 aromatic rings. The predicted molar refractivity (Wildman–Crippen MR) is 151 cm³/mol. The highest BCUT2D eigenvalue weighted by Gasteiger charge is 2.36. The average molecular weight is 528 g/mol. The second-order valence-corrected chi connectivity index (χ2v) is 11.1. The quantitative estimate of drug-likeness (QED) is 0.423. The van der Waals surface area contributed by atoms with Gasteiger partial charge in [-0.3, -0.25) is 9.80 Å². The number of nitrogens with zero attached hydrogens (tertiary/aromatic N) is 3. The van der Waals surface area contributed by atoms with Crippen LogP contribution in [0.1, 0.15) is 48.4 Å². The van der Waals surface area contributed by atoms with Crippen LogP contribution in [0.15, 0.2) is 30.3 Å². The highest BCUT2D eigenvalue weighted by Crippen LogP contribution is 2.40. The summed E-state index contributed by atoms with van der Waals surface area (Å²) in [5.41, 5.74) is 5.36. The molecule has 6 nitrogen and oxygen atoms in total. The SMILES string of the molecule is COc1cc(N2CCN3[C@@H](CCC[C@@H]3c3ccc(OCCCN4CCOCC4)c(C)c3C)C2)ccc1Cl. The third kappa shape index (κ3) is 6.03. The van der Waals surface area contributed by atoms with Crippen molar-refractivity contribution >= 4 is 17.3 Å². The summed E-state index contributed by atoms with van der Waals surface area (Å²) >= 11 is 6.27. The number of piperazine rings is 1. The van der Waals surface area contributed by atoms with Crippen LogP contribution in [0, 0.1) is 13.8 Å². The van der Waals surface area contributed by atoms with E-state index in [1.807, 2.05) is 6.07 Å². The van der Waals surface area contributed by atoms with Gasteiger partial charge in [0.15, 0.2) is 0 Å². The van der Waals surface area contributed by atoms with Gasteiger partial charge in [0, 0.05) is 63.1 Å². The lowest BCUT2D eigenvalue weighted by molar-refractivity contribution is 0.0358. The summed E-state index contributed by atoms with van der Waals surface area (Å²) in [4.78, 5) is 7.73. The highest BCUT2D eigenvalue weighted by atomic mass is 35.5. The number of morpholine rings is 1. The van der Waals surface area contributed by atoms with E-state index in [9.17, 15) is 0 Å². The number of ether oxygens (including phenoxy) is 3. The van der Waals surface area contributed by atoms with E-state index in [1.54, 1.807) is 7.11 Å². The van der Waals surface area contributed by atoms with Crippen molar-refractivity contribution in [2.45, 2.75) is 51.6 Å². The third-order valence-corrected chi connectivity index (χ3v) is 8.87. The molecule has 0 spiro atoms. The van der Waals surface area contributed by atoms with Crippen molar-refractivity contribution in [1.29, 1.82) is 0 Å². The molecular formula is C30H42ClN3O3.